The third-order valence-electron chi connectivity index (χ3n) is 3.61. The minimum Gasteiger partial charge on any atom is -0.192 e. The minimum atomic E-state index is 0.698. The number of nitrogens with zero attached hydrogens (tertiary/aromatic N) is 1. The second-order valence-corrected chi connectivity index (χ2v) is 5.32. The van der Waals surface area contributed by atoms with Crippen molar-refractivity contribution < 1.29 is 0 Å². The molecule has 0 fully saturated rings. The molecule has 22 heavy (non-hydrogen) atoms. The highest BCUT2D eigenvalue weighted by atomic mass is 14.2. The summed E-state index contributed by atoms with van der Waals surface area (Å²) in [5.74, 6) is 0. The molecule has 0 aliphatic rings. The molecule has 1 heteroatoms. The van der Waals surface area contributed by atoms with Crippen LogP contribution in [0.5, 0.6) is 0 Å². The van der Waals surface area contributed by atoms with Crippen LogP contribution in [0.1, 0.15) is 49.3 Å². The van der Waals surface area contributed by atoms with Crippen molar-refractivity contribution in [3.63, 3.8) is 0 Å². The molecule has 0 aliphatic carbocycles. The monoisotopic (exact) mass is 287 g/mol. The van der Waals surface area contributed by atoms with Gasteiger partial charge in [-0.25, -0.2) is 0 Å². The van der Waals surface area contributed by atoms with Crippen molar-refractivity contribution in [3.8, 4) is 6.07 Å². The van der Waals surface area contributed by atoms with Crippen LogP contribution in [0.25, 0.3) is 11.6 Å². The van der Waals surface area contributed by atoms with Crippen LogP contribution in [0.15, 0.2) is 60.3 Å². The largest absolute Gasteiger partial charge is 0.192 e. The Kier molecular flexibility index (Phi) is 6.24. The Labute approximate surface area is 133 Å². The topological polar surface area (TPSA) is 23.8 Å². The second-order valence-electron chi connectivity index (χ2n) is 5.32. The predicted molar refractivity (Wildman–Crippen MR) is 93.1 cm³/mol. The van der Waals surface area contributed by atoms with E-state index < -0.39 is 0 Å². The average Bonchev–Trinajstić information content (AvgIpc) is 2.59. The molecular formula is C21H21N. The number of benzene rings is 2. The van der Waals surface area contributed by atoms with E-state index >= 15 is 0 Å². The van der Waals surface area contributed by atoms with E-state index in [4.69, 9.17) is 5.26 Å². The third-order valence-corrected chi connectivity index (χ3v) is 3.61. The number of nitriles is 1. The van der Waals surface area contributed by atoms with Crippen molar-refractivity contribution in [2.75, 3.05) is 0 Å². The van der Waals surface area contributed by atoms with Crippen LogP contribution in [0.4, 0.5) is 0 Å². The number of rotatable bonds is 6. The number of unbranched alkanes of at least 4 members (excludes halogenated alkanes) is 2. The molecule has 0 aliphatic heterocycles. The first kappa shape index (κ1) is 15.8. The zero-order valence-electron chi connectivity index (χ0n) is 13.0. The molecule has 0 N–H and O–H groups in total. The van der Waals surface area contributed by atoms with Crippen LogP contribution in [-0.4, -0.2) is 0 Å². The summed E-state index contributed by atoms with van der Waals surface area (Å²) in [6.07, 6.45) is 6.67. The highest BCUT2D eigenvalue weighted by molar-refractivity contribution is 5.69. The molecule has 0 aromatic heterocycles. The third kappa shape index (κ3) is 4.77. The maximum absolute atomic E-state index is 8.91. The predicted octanol–water partition coefficient (Wildman–Crippen LogP) is 5.83. The van der Waals surface area contributed by atoms with Crippen molar-refractivity contribution in [2.24, 2.45) is 0 Å². The first-order chi connectivity index (χ1) is 10.8. The maximum Gasteiger partial charge on any atom is 0.0991 e. The highest BCUT2D eigenvalue weighted by Gasteiger charge is 2.01. The van der Waals surface area contributed by atoms with E-state index in [1.807, 2.05) is 48.5 Å². The van der Waals surface area contributed by atoms with Crippen molar-refractivity contribution in [1.82, 2.24) is 0 Å². The molecule has 0 unspecified atom stereocenters. The Morgan fingerprint density at radius 2 is 1.73 bits per heavy atom. The highest BCUT2D eigenvalue weighted by Crippen LogP contribution is 2.21. The molecule has 110 valence electrons. The molecule has 2 rings (SSSR count). The lowest BCUT2D eigenvalue weighted by Gasteiger charge is -2.05. The summed E-state index contributed by atoms with van der Waals surface area (Å²) < 4.78 is 0. The number of hydrogen-bond donors (Lipinski definition) is 0. The Bertz CT molecular complexity index is 681. The zero-order chi connectivity index (χ0) is 15.6. The fraction of sp³-hybridized carbons (Fsp3) is 0.238. The van der Waals surface area contributed by atoms with Gasteiger partial charge in [-0.3, -0.25) is 0 Å². The van der Waals surface area contributed by atoms with Crippen LogP contribution in [0.3, 0.4) is 0 Å². The van der Waals surface area contributed by atoms with E-state index in [2.05, 4.69) is 30.9 Å². The second kappa shape index (κ2) is 8.67. The Hall–Kier alpha value is -2.55. The van der Waals surface area contributed by atoms with Gasteiger partial charge in [-0.15, -0.1) is 5.73 Å². The summed E-state index contributed by atoms with van der Waals surface area (Å²) in [5.41, 5.74) is 7.68. The normalized spacial score (nSPS) is 9.64. The van der Waals surface area contributed by atoms with Crippen molar-refractivity contribution in [3.05, 3.63) is 77.0 Å². The van der Waals surface area contributed by atoms with Gasteiger partial charge < -0.3 is 0 Å². The number of hydrogen-bond acceptors (Lipinski definition) is 1. The van der Waals surface area contributed by atoms with Gasteiger partial charge in [-0.1, -0.05) is 62.2 Å². The van der Waals surface area contributed by atoms with Gasteiger partial charge in [0.1, 0.15) is 0 Å². The molecule has 1 nitrogen and oxygen atoms in total. The molecule has 0 saturated heterocycles. The van der Waals surface area contributed by atoms with Gasteiger partial charge in [0.15, 0.2) is 0 Å². The first-order valence-electron chi connectivity index (χ1n) is 7.84. The van der Waals surface area contributed by atoms with Gasteiger partial charge in [-0.05, 0) is 42.2 Å². The van der Waals surface area contributed by atoms with Crippen LogP contribution < -0.4 is 0 Å². The van der Waals surface area contributed by atoms with E-state index in [1.54, 1.807) is 0 Å². The zero-order valence-corrected chi connectivity index (χ0v) is 13.0. The van der Waals surface area contributed by atoms with Crippen molar-refractivity contribution in [1.29, 1.82) is 5.26 Å². The first-order valence-corrected chi connectivity index (χ1v) is 7.84. The van der Waals surface area contributed by atoms with Gasteiger partial charge in [0, 0.05) is 5.57 Å². The minimum absolute atomic E-state index is 0.698. The number of allylic oxidation sites excluding steroid dienone is 1. The van der Waals surface area contributed by atoms with Crippen LogP contribution in [0.2, 0.25) is 0 Å². The molecule has 0 saturated carbocycles. The lowest BCUT2D eigenvalue weighted by molar-refractivity contribution is 0.735. The Balaban J connectivity index is 2.29. The van der Waals surface area contributed by atoms with Crippen LogP contribution in [-0.2, 0) is 0 Å². The van der Waals surface area contributed by atoms with Gasteiger partial charge in [0.05, 0.1) is 11.6 Å². The van der Waals surface area contributed by atoms with E-state index in [-0.39, 0.29) is 0 Å². The van der Waals surface area contributed by atoms with Crippen molar-refractivity contribution >= 4 is 11.6 Å². The van der Waals surface area contributed by atoms with E-state index in [0.717, 1.165) is 17.5 Å². The van der Waals surface area contributed by atoms with E-state index in [9.17, 15) is 0 Å². The van der Waals surface area contributed by atoms with Crippen molar-refractivity contribution in [2.45, 2.75) is 32.6 Å². The Morgan fingerprint density at radius 3 is 2.36 bits per heavy atom. The molecular weight excluding hydrogens is 266 g/mol. The lowest BCUT2D eigenvalue weighted by atomic mass is 9.99. The fourth-order valence-electron chi connectivity index (χ4n) is 2.32. The van der Waals surface area contributed by atoms with Crippen LogP contribution >= 0.6 is 0 Å². The molecule has 0 bridgehead atoms. The van der Waals surface area contributed by atoms with E-state index in [1.165, 1.54) is 24.8 Å². The molecule has 2 aromatic carbocycles. The van der Waals surface area contributed by atoms with Gasteiger partial charge >= 0.3 is 0 Å². The van der Waals surface area contributed by atoms with Gasteiger partial charge in [0.2, 0.25) is 0 Å². The Morgan fingerprint density at radius 1 is 1.00 bits per heavy atom. The summed E-state index contributed by atoms with van der Waals surface area (Å²) in [6, 6.07) is 20.2. The SMILES string of the molecule is CCCCCC(=C=Cc1ccccc1)c1ccc(C#N)cc1. The molecule has 0 amide bonds. The lowest BCUT2D eigenvalue weighted by Crippen LogP contribution is -1.85. The smallest absolute Gasteiger partial charge is 0.0991 e. The van der Waals surface area contributed by atoms with Gasteiger partial charge in [0.25, 0.3) is 0 Å². The molecule has 0 atom stereocenters. The average molecular weight is 287 g/mol. The van der Waals surface area contributed by atoms with Gasteiger partial charge in [-0.2, -0.15) is 5.26 Å². The fourth-order valence-corrected chi connectivity index (χ4v) is 2.32. The maximum atomic E-state index is 8.91. The standard InChI is InChI=1S/C21H21N/c1-2-3-5-10-20(14-11-18-8-6-4-7-9-18)21-15-12-19(17-22)13-16-21/h4,6-9,11-13,15-16H,2-3,5,10H2,1H3. The quantitative estimate of drug-likeness (QED) is 0.484. The summed E-state index contributed by atoms with van der Waals surface area (Å²) in [7, 11) is 0. The molecule has 0 spiro atoms. The summed E-state index contributed by atoms with van der Waals surface area (Å²) in [4.78, 5) is 0. The summed E-state index contributed by atoms with van der Waals surface area (Å²) >= 11 is 0. The van der Waals surface area contributed by atoms with Crippen LogP contribution in [0, 0.1) is 11.3 Å². The van der Waals surface area contributed by atoms with E-state index in [0.29, 0.717) is 5.56 Å². The molecule has 0 heterocycles. The summed E-state index contributed by atoms with van der Waals surface area (Å²) in [5, 5.41) is 8.91. The summed E-state index contributed by atoms with van der Waals surface area (Å²) in [6.45, 7) is 2.21. The molecule has 2 aromatic rings. The molecule has 0 radical (unpaired) electrons.